The van der Waals surface area contributed by atoms with Crippen molar-refractivity contribution in [3.05, 3.63) is 198 Å². The van der Waals surface area contributed by atoms with E-state index >= 15 is 0 Å². The van der Waals surface area contributed by atoms with Gasteiger partial charge in [0.2, 0.25) is 0 Å². The average Bonchev–Trinajstić information content (AvgIpc) is 3.27. The van der Waals surface area contributed by atoms with Gasteiger partial charge in [-0.15, -0.1) is 0 Å². The van der Waals surface area contributed by atoms with Gasteiger partial charge >= 0.3 is 0 Å². The zero-order valence-electron chi connectivity index (χ0n) is 30.5. The summed E-state index contributed by atoms with van der Waals surface area (Å²) in [5, 5.41) is 0. The number of benzene rings is 6. The molecule has 1 saturated carbocycles. The molecule has 0 radical (unpaired) electrons. The minimum atomic E-state index is -0.00861. The molecule has 2 aliphatic carbocycles. The predicted molar refractivity (Wildman–Crippen MR) is 224 cm³/mol. The number of allylic oxidation sites excluding steroid dienone is 4. The summed E-state index contributed by atoms with van der Waals surface area (Å²) in [5.41, 5.74) is 13.4. The van der Waals surface area contributed by atoms with Crippen LogP contribution < -0.4 is 0 Å². The maximum absolute atomic E-state index is 5.07. The molecule has 54 heavy (non-hydrogen) atoms. The molecule has 1 fully saturated rings. The van der Waals surface area contributed by atoms with E-state index < -0.39 is 0 Å². The van der Waals surface area contributed by atoms with Crippen LogP contribution in [0.4, 0.5) is 0 Å². The van der Waals surface area contributed by atoms with Gasteiger partial charge in [0.25, 0.3) is 0 Å². The van der Waals surface area contributed by atoms with Gasteiger partial charge < -0.3 is 0 Å². The van der Waals surface area contributed by atoms with E-state index in [-0.39, 0.29) is 5.41 Å². The molecule has 3 nitrogen and oxygen atoms in total. The van der Waals surface area contributed by atoms with Crippen molar-refractivity contribution < 1.29 is 0 Å². The van der Waals surface area contributed by atoms with Crippen LogP contribution in [0.15, 0.2) is 176 Å². The maximum atomic E-state index is 5.07. The SMILES string of the molecule is C1=C(c2ccccc2)C=C(c2ccc(C3(c4ccc(-c5nc(-c6ccccc6)nc(-c6ccc(-c7ccccc7)cc6)n5)cc4)CCCCC3)cc2)CC1. The Morgan fingerprint density at radius 3 is 1.31 bits per heavy atom. The van der Waals surface area contributed by atoms with Crippen LogP contribution in [0.2, 0.25) is 0 Å². The molecule has 0 atom stereocenters. The van der Waals surface area contributed by atoms with Crippen molar-refractivity contribution in [2.75, 3.05) is 0 Å². The number of hydrogen-bond donors (Lipinski definition) is 0. The first kappa shape index (κ1) is 33.6. The molecule has 7 aromatic rings. The summed E-state index contributed by atoms with van der Waals surface area (Å²) in [5.74, 6) is 2.03. The molecule has 9 rings (SSSR count). The summed E-state index contributed by atoms with van der Waals surface area (Å²) in [4.78, 5) is 15.1. The molecule has 3 heteroatoms. The summed E-state index contributed by atoms with van der Waals surface area (Å²) < 4.78 is 0. The minimum Gasteiger partial charge on any atom is -0.208 e. The second kappa shape index (κ2) is 15.0. The number of aromatic nitrogens is 3. The van der Waals surface area contributed by atoms with Gasteiger partial charge in [-0.3, -0.25) is 0 Å². The third kappa shape index (κ3) is 6.86. The van der Waals surface area contributed by atoms with Crippen molar-refractivity contribution in [3.8, 4) is 45.3 Å². The lowest BCUT2D eigenvalue weighted by Crippen LogP contribution is -2.30. The molecule has 0 N–H and O–H groups in total. The Balaban J connectivity index is 1.03. The molecular weight excluding hydrogens is 655 g/mol. The molecule has 0 unspecified atom stereocenters. The standard InChI is InChI=1S/C51H43N3/c1-5-14-37(15-6-1)39-22-24-42(25-23-39)49-52-48(41-18-9-3-10-19-41)53-50(54-49)43-28-32-47(33-29-43)51(34-11-4-12-35-51)46-30-26-40(27-31-46)45-21-13-20-44(36-45)38-16-7-2-8-17-38/h1-3,5-10,14-20,22-33,36H,4,11-13,21,34-35H2. The molecule has 0 bridgehead atoms. The number of nitrogens with zero attached hydrogens (tertiary/aromatic N) is 3. The van der Waals surface area contributed by atoms with Gasteiger partial charge in [-0.1, -0.05) is 195 Å². The van der Waals surface area contributed by atoms with Gasteiger partial charge in [0.05, 0.1) is 0 Å². The van der Waals surface area contributed by atoms with Gasteiger partial charge in [0.1, 0.15) is 0 Å². The van der Waals surface area contributed by atoms with Gasteiger partial charge in [0.15, 0.2) is 17.5 Å². The summed E-state index contributed by atoms with van der Waals surface area (Å²) >= 11 is 0. The molecule has 262 valence electrons. The fourth-order valence-electron chi connectivity index (χ4n) is 8.40. The van der Waals surface area contributed by atoms with Crippen LogP contribution in [0.25, 0.3) is 56.4 Å². The summed E-state index contributed by atoms with van der Waals surface area (Å²) in [6, 6.07) is 58.6. The highest BCUT2D eigenvalue weighted by Gasteiger charge is 2.35. The van der Waals surface area contributed by atoms with Crippen molar-refractivity contribution in [2.24, 2.45) is 0 Å². The first-order valence-corrected chi connectivity index (χ1v) is 19.4. The van der Waals surface area contributed by atoms with E-state index in [1.807, 2.05) is 24.3 Å². The Morgan fingerprint density at radius 1 is 0.370 bits per heavy atom. The second-order valence-electron chi connectivity index (χ2n) is 14.6. The van der Waals surface area contributed by atoms with E-state index in [9.17, 15) is 0 Å². The predicted octanol–water partition coefficient (Wildman–Crippen LogP) is 13.1. The van der Waals surface area contributed by atoms with Gasteiger partial charge in [-0.25, -0.2) is 15.0 Å². The second-order valence-corrected chi connectivity index (χ2v) is 14.6. The van der Waals surface area contributed by atoms with E-state index in [2.05, 4.69) is 152 Å². The maximum Gasteiger partial charge on any atom is 0.164 e. The van der Waals surface area contributed by atoms with Gasteiger partial charge in [-0.05, 0) is 70.2 Å². The smallest absolute Gasteiger partial charge is 0.164 e. The number of hydrogen-bond acceptors (Lipinski definition) is 3. The van der Waals surface area contributed by atoms with E-state index in [1.54, 1.807) is 0 Å². The monoisotopic (exact) mass is 697 g/mol. The first-order chi connectivity index (χ1) is 26.7. The van der Waals surface area contributed by atoms with E-state index in [1.165, 1.54) is 63.8 Å². The van der Waals surface area contributed by atoms with Crippen molar-refractivity contribution in [3.63, 3.8) is 0 Å². The fraction of sp³-hybridized carbons (Fsp3) is 0.157. The van der Waals surface area contributed by atoms with E-state index in [0.717, 1.165) is 42.4 Å². The van der Waals surface area contributed by atoms with Crippen molar-refractivity contribution in [1.82, 2.24) is 15.0 Å². The molecule has 0 saturated heterocycles. The third-order valence-corrected chi connectivity index (χ3v) is 11.3. The molecule has 2 aliphatic rings. The van der Waals surface area contributed by atoms with Crippen LogP contribution in [0.3, 0.4) is 0 Å². The van der Waals surface area contributed by atoms with E-state index in [0.29, 0.717) is 17.5 Å². The van der Waals surface area contributed by atoms with Crippen LogP contribution in [0.1, 0.15) is 67.2 Å². The molecular formula is C51H43N3. The fourth-order valence-corrected chi connectivity index (χ4v) is 8.40. The Bertz CT molecular complexity index is 2410. The lowest BCUT2D eigenvalue weighted by molar-refractivity contribution is 0.346. The zero-order chi connectivity index (χ0) is 36.2. The molecule has 0 spiro atoms. The quantitative estimate of drug-likeness (QED) is 0.159. The highest BCUT2D eigenvalue weighted by Crippen LogP contribution is 2.46. The van der Waals surface area contributed by atoms with Crippen molar-refractivity contribution in [2.45, 2.75) is 50.4 Å². The number of rotatable bonds is 8. The molecule has 0 amide bonds. The Hall–Kier alpha value is -6.19. The van der Waals surface area contributed by atoms with Crippen molar-refractivity contribution in [1.29, 1.82) is 0 Å². The Labute approximate surface area is 318 Å². The normalized spacial score (nSPS) is 15.3. The van der Waals surface area contributed by atoms with Crippen molar-refractivity contribution >= 4 is 11.1 Å². The lowest BCUT2D eigenvalue weighted by Gasteiger charge is -2.39. The first-order valence-electron chi connectivity index (χ1n) is 19.4. The third-order valence-electron chi connectivity index (χ3n) is 11.3. The molecule has 6 aromatic carbocycles. The zero-order valence-corrected chi connectivity index (χ0v) is 30.5. The van der Waals surface area contributed by atoms with Crippen LogP contribution in [0, 0.1) is 0 Å². The highest BCUT2D eigenvalue weighted by atomic mass is 15.0. The van der Waals surface area contributed by atoms with Crippen LogP contribution >= 0.6 is 0 Å². The summed E-state index contributed by atoms with van der Waals surface area (Å²) in [7, 11) is 0. The topological polar surface area (TPSA) is 38.7 Å². The van der Waals surface area contributed by atoms with Crippen LogP contribution in [-0.4, -0.2) is 15.0 Å². The Morgan fingerprint density at radius 2 is 0.778 bits per heavy atom. The molecule has 0 aliphatic heterocycles. The molecule has 1 aromatic heterocycles. The van der Waals surface area contributed by atoms with Crippen LogP contribution in [-0.2, 0) is 5.41 Å². The Kier molecular flexibility index (Phi) is 9.37. The summed E-state index contributed by atoms with van der Waals surface area (Å²) in [6.45, 7) is 0. The largest absolute Gasteiger partial charge is 0.208 e. The van der Waals surface area contributed by atoms with E-state index in [4.69, 9.17) is 15.0 Å². The molecule has 1 heterocycles. The highest BCUT2D eigenvalue weighted by molar-refractivity contribution is 5.86. The van der Waals surface area contributed by atoms with Gasteiger partial charge in [0, 0.05) is 22.1 Å². The summed E-state index contributed by atoms with van der Waals surface area (Å²) in [6.07, 6.45) is 13.0. The van der Waals surface area contributed by atoms with Gasteiger partial charge in [-0.2, -0.15) is 0 Å². The minimum absolute atomic E-state index is 0.00861. The average molecular weight is 698 g/mol. The lowest BCUT2D eigenvalue weighted by atomic mass is 9.65. The van der Waals surface area contributed by atoms with Crippen LogP contribution in [0.5, 0.6) is 0 Å².